The molecule has 0 bridgehead atoms. The van der Waals surface area contributed by atoms with Crippen LogP contribution in [0.15, 0.2) is 34.2 Å². The van der Waals surface area contributed by atoms with E-state index in [4.69, 9.17) is 10.3 Å². The number of nitrogens with two attached hydrogens (primary N) is 1. The fourth-order valence-corrected chi connectivity index (χ4v) is 2.39. The molecule has 3 rings (SSSR count). The molecular formula is C13H11FN4OS. The van der Waals surface area contributed by atoms with Crippen molar-refractivity contribution in [3.8, 4) is 23.0 Å². The minimum Gasteiger partial charge on any atom is -0.332 e. The summed E-state index contributed by atoms with van der Waals surface area (Å²) in [7, 11) is 0. The Morgan fingerprint density at radius 1 is 1.25 bits per heavy atom. The van der Waals surface area contributed by atoms with E-state index >= 15 is 0 Å². The molecule has 0 fully saturated rings. The summed E-state index contributed by atoms with van der Waals surface area (Å²) in [5.74, 6) is 0.418. The van der Waals surface area contributed by atoms with Gasteiger partial charge in [0.25, 0.3) is 5.89 Å². The predicted molar refractivity (Wildman–Crippen MR) is 73.4 cm³/mol. The molecule has 2 N–H and O–H groups in total. The third kappa shape index (κ3) is 2.45. The van der Waals surface area contributed by atoms with Gasteiger partial charge in [0.2, 0.25) is 5.82 Å². The lowest BCUT2D eigenvalue weighted by molar-refractivity contribution is 0.431. The van der Waals surface area contributed by atoms with Crippen LogP contribution < -0.4 is 5.73 Å². The minimum absolute atomic E-state index is 0.131. The van der Waals surface area contributed by atoms with Crippen molar-refractivity contribution in [1.29, 1.82) is 0 Å². The van der Waals surface area contributed by atoms with Gasteiger partial charge in [-0.3, -0.25) is 0 Å². The molecule has 0 radical (unpaired) electrons. The smallest absolute Gasteiger partial charge is 0.277 e. The van der Waals surface area contributed by atoms with Crippen LogP contribution in [0.25, 0.3) is 23.0 Å². The Kier molecular flexibility index (Phi) is 3.29. The maximum Gasteiger partial charge on any atom is 0.277 e. The molecule has 3 aromatic rings. The van der Waals surface area contributed by atoms with E-state index in [0.29, 0.717) is 23.0 Å². The first-order chi connectivity index (χ1) is 9.63. The van der Waals surface area contributed by atoms with Crippen LogP contribution in [0.3, 0.4) is 0 Å². The van der Waals surface area contributed by atoms with Crippen molar-refractivity contribution < 1.29 is 8.91 Å². The van der Waals surface area contributed by atoms with Crippen molar-refractivity contribution in [3.63, 3.8) is 0 Å². The second-order valence-corrected chi connectivity index (χ2v) is 5.18. The molecule has 0 saturated heterocycles. The Labute approximate surface area is 118 Å². The number of nitrogens with zero attached hydrogens (tertiary/aromatic N) is 3. The summed E-state index contributed by atoms with van der Waals surface area (Å²) in [4.78, 5) is 8.59. The number of hydrogen-bond donors (Lipinski definition) is 1. The van der Waals surface area contributed by atoms with Gasteiger partial charge < -0.3 is 10.3 Å². The molecule has 1 unspecified atom stereocenters. The Bertz CT molecular complexity index is 720. The van der Waals surface area contributed by atoms with Gasteiger partial charge in [0.05, 0.1) is 6.04 Å². The lowest BCUT2D eigenvalue weighted by atomic mass is 10.2. The minimum atomic E-state index is -0.307. The van der Waals surface area contributed by atoms with E-state index in [0.717, 1.165) is 5.01 Å². The summed E-state index contributed by atoms with van der Waals surface area (Å²) in [5, 5.41) is 6.50. The third-order valence-corrected chi connectivity index (χ3v) is 3.70. The van der Waals surface area contributed by atoms with E-state index in [1.54, 1.807) is 12.1 Å². The van der Waals surface area contributed by atoms with Gasteiger partial charge in [0.15, 0.2) is 0 Å². The molecule has 2 aromatic heterocycles. The Balaban J connectivity index is 1.91. The van der Waals surface area contributed by atoms with Crippen LogP contribution in [0.2, 0.25) is 0 Å². The number of aromatic nitrogens is 3. The predicted octanol–water partition coefficient (Wildman–Crippen LogP) is 3.02. The molecule has 102 valence electrons. The van der Waals surface area contributed by atoms with E-state index < -0.39 is 0 Å². The molecule has 20 heavy (non-hydrogen) atoms. The maximum absolute atomic E-state index is 12.9. The second-order valence-electron chi connectivity index (χ2n) is 4.29. The molecule has 1 aromatic carbocycles. The highest BCUT2D eigenvalue weighted by Crippen LogP contribution is 2.25. The average molecular weight is 290 g/mol. The van der Waals surface area contributed by atoms with E-state index in [1.807, 2.05) is 12.3 Å². The van der Waals surface area contributed by atoms with Crippen LogP contribution in [0.4, 0.5) is 4.39 Å². The van der Waals surface area contributed by atoms with Gasteiger partial charge in [-0.1, -0.05) is 5.16 Å². The standard InChI is InChI=1S/C13H11FN4OS/c1-7(15)13-16-10(6-20-13)12-17-11(18-19-12)8-2-4-9(14)5-3-8/h2-7H,15H2,1H3. The summed E-state index contributed by atoms with van der Waals surface area (Å²) >= 11 is 1.45. The van der Waals surface area contributed by atoms with E-state index in [2.05, 4.69) is 15.1 Å². The first kappa shape index (κ1) is 12.9. The first-order valence-electron chi connectivity index (χ1n) is 5.94. The highest BCUT2D eigenvalue weighted by atomic mass is 32.1. The van der Waals surface area contributed by atoms with Crippen molar-refractivity contribution in [1.82, 2.24) is 15.1 Å². The van der Waals surface area contributed by atoms with Crippen molar-refractivity contribution in [2.75, 3.05) is 0 Å². The summed E-state index contributed by atoms with van der Waals surface area (Å²) in [6, 6.07) is 5.76. The fourth-order valence-electron chi connectivity index (χ4n) is 1.64. The van der Waals surface area contributed by atoms with Gasteiger partial charge in [-0.05, 0) is 31.2 Å². The quantitative estimate of drug-likeness (QED) is 0.802. The zero-order valence-corrected chi connectivity index (χ0v) is 11.4. The summed E-state index contributed by atoms with van der Waals surface area (Å²) in [6.07, 6.45) is 0. The molecule has 5 nitrogen and oxygen atoms in total. The highest BCUT2D eigenvalue weighted by Gasteiger charge is 2.15. The second kappa shape index (κ2) is 5.10. The van der Waals surface area contributed by atoms with Gasteiger partial charge in [0, 0.05) is 10.9 Å². The number of halogens is 1. The third-order valence-electron chi connectivity index (χ3n) is 2.66. The van der Waals surface area contributed by atoms with Crippen molar-refractivity contribution >= 4 is 11.3 Å². The summed E-state index contributed by atoms with van der Waals surface area (Å²) < 4.78 is 18.0. The molecule has 0 amide bonds. The Morgan fingerprint density at radius 2 is 2.00 bits per heavy atom. The van der Waals surface area contributed by atoms with Crippen molar-refractivity contribution in [2.45, 2.75) is 13.0 Å². The van der Waals surface area contributed by atoms with Crippen molar-refractivity contribution in [2.24, 2.45) is 5.73 Å². The lowest BCUT2D eigenvalue weighted by Gasteiger charge is -1.95. The van der Waals surface area contributed by atoms with Crippen LogP contribution >= 0.6 is 11.3 Å². The van der Waals surface area contributed by atoms with Crippen LogP contribution in [0, 0.1) is 5.82 Å². The zero-order chi connectivity index (χ0) is 14.1. The molecule has 1 atom stereocenters. The van der Waals surface area contributed by atoms with E-state index in [1.165, 1.54) is 23.5 Å². The number of rotatable bonds is 3. The summed E-state index contributed by atoms with van der Waals surface area (Å²) in [5.41, 5.74) is 7.05. The molecule has 0 aliphatic rings. The fraction of sp³-hybridized carbons (Fsp3) is 0.154. The highest BCUT2D eigenvalue weighted by molar-refractivity contribution is 7.10. The normalized spacial score (nSPS) is 12.6. The summed E-state index contributed by atoms with van der Waals surface area (Å²) in [6.45, 7) is 1.86. The molecular weight excluding hydrogens is 279 g/mol. The van der Waals surface area contributed by atoms with E-state index in [9.17, 15) is 4.39 Å². The molecule has 7 heteroatoms. The molecule has 0 aliphatic heterocycles. The Morgan fingerprint density at radius 3 is 2.65 bits per heavy atom. The number of benzene rings is 1. The van der Waals surface area contributed by atoms with Gasteiger partial charge in [-0.25, -0.2) is 9.37 Å². The van der Waals surface area contributed by atoms with Crippen LogP contribution in [0.5, 0.6) is 0 Å². The van der Waals surface area contributed by atoms with E-state index in [-0.39, 0.29) is 11.9 Å². The number of thiazole rings is 1. The van der Waals surface area contributed by atoms with Crippen molar-refractivity contribution in [3.05, 3.63) is 40.5 Å². The Hall–Kier alpha value is -2.12. The largest absolute Gasteiger partial charge is 0.332 e. The number of hydrogen-bond acceptors (Lipinski definition) is 6. The van der Waals surface area contributed by atoms with Gasteiger partial charge in [0.1, 0.15) is 16.5 Å². The van der Waals surface area contributed by atoms with Crippen LogP contribution in [-0.4, -0.2) is 15.1 Å². The SMILES string of the molecule is CC(N)c1nc(-c2nc(-c3ccc(F)cc3)no2)cs1. The molecule has 2 heterocycles. The average Bonchev–Trinajstić information content (AvgIpc) is 3.08. The van der Waals surface area contributed by atoms with Crippen LogP contribution in [0.1, 0.15) is 18.0 Å². The first-order valence-corrected chi connectivity index (χ1v) is 6.82. The maximum atomic E-state index is 12.9. The van der Waals surface area contributed by atoms with Gasteiger partial charge in [-0.15, -0.1) is 11.3 Å². The topological polar surface area (TPSA) is 77.8 Å². The monoisotopic (exact) mass is 290 g/mol. The lowest BCUT2D eigenvalue weighted by Crippen LogP contribution is -2.03. The molecule has 0 aliphatic carbocycles. The van der Waals surface area contributed by atoms with Gasteiger partial charge >= 0.3 is 0 Å². The van der Waals surface area contributed by atoms with Crippen LogP contribution in [-0.2, 0) is 0 Å². The van der Waals surface area contributed by atoms with Gasteiger partial charge in [-0.2, -0.15) is 4.98 Å². The zero-order valence-electron chi connectivity index (χ0n) is 10.6. The molecule has 0 spiro atoms. The molecule has 0 saturated carbocycles.